The first-order valence-corrected chi connectivity index (χ1v) is 11.8. The number of pyridine rings is 1. The van der Waals surface area contributed by atoms with Crippen LogP contribution in [-0.4, -0.2) is 45.2 Å². The molecule has 1 saturated heterocycles. The first kappa shape index (κ1) is 23.4. The number of nitrogen functional groups attached to an aromatic ring is 1. The Morgan fingerprint density at radius 2 is 2.00 bits per heavy atom. The number of nitrogens with one attached hydrogen (secondary N) is 1. The number of hydrogen-bond acceptors (Lipinski definition) is 7. The summed E-state index contributed by atoms with van der Waals surface area (Å²) in [6.45, 7) is 1.95. The molecule has 3 N–H and O–H groups in total. The van der Waals surface area contributed by atoms with Crippen LogP contribution in [0.4, 0.5) is 16.4 Å². The van der Waals surface area contributed by atoms with E-state index in [1.165, 1.54) is 16.4 Å². The fourth-order valence-electron chi connectivity index (χ4n) is 4.15. The number of aromatic nitrogens is 2. The molecule has 176 valence electrons. The molecule has 0 radical (unpaired) electrons. The Balaban J connectivity index is 1.58. The van der Waals surface area contributed by atoms with E-state index in [1.54, 1.807) is 36.8 Å². The van der Waals surface area contributed by atoms with Crippen LogP contribution in [0, 0.1) is 5.92 Å². The molecule has 4 rings (SSSR count). The third-order valence-electron chi connectivity index (χ3n) is 5.99. The highest BCUT2D eigenvalue weighted by molar-refractivity contribution is 7.03. The highest BCUT2D eigenvalue weighted by Gasteiger charge is 2.55. The number of urea groups is 1. The Morgan fingerprint density at radius 3 is 2.65 bits per heavy atom. The number of imide groups is 1. The summed E-state index contributed by atoms with van der Waals surface area (Å²) in [5.41, 5.74) is 7.49. The second-order valence-electron chi connectivity index (χ2n) is 8.13. The number of hydrogen-bond donors (Lipinski definition) is 2. The van der Waals surface area contributed by atoms with E-state index in [0.29, 0.717) is 18.1 Å². The van der Waals surface area contributed by atoms with Crippen LogP contribution in [0.1, 0.15) is 30.5 Å². The zero-order valence-electron chi connectivity index (χ0n) is 18.9. The van der Waals surface area contributed by atoms with Crippen LogP contribution in [0.5, 0.6) is 0 Å². The van der Waals surface area contributed by atoms with Crippen molar-refractivity contribution in [2.24, 2.45) is 5.92 Å². The van der Waals surface area contributed by atoms with Crippen molar-refractivity contribution in [3.8, 4) is 0 Å². The lowest BCUT2D eigenvalue weighted by Crippen LogP contribution is -2.70. The van der Waals surface area contributed by atoms with Crippen LogP contribution in [0.2, 0.25) is 0 Å². The summed E-state index contributed by atoms with van der Waals surface area (Å²) in [7, 11) is 1.59. The Hall–Kier alpha value is -3.79. The lowest BCUT2D eigenvalue weighted by atomic mass is 9.81. The van der Waals surface area contributed by atoms with E-state index in [1.807, 2.05) is 37.3 Å². The Morgan fingerprint density at radius 1 is 1.24 bits per heavy atom. The number of carbonyl (C=O) groups excluding carboxylic acids is 3. The summed E-state index contributed by atoms with van der Waals surface area (Å²) in [5.74, 6) is -0.675. The van der Waals surface area contributed by atoms with Gasteiger partial charge in [-0.25, -0.2) is 9.78 Å². The Kier molecular flexibility index (Phi) is 6.87. The number of anilines is 2. The van der Waals surface area contributed by atoms with Gasteiger partial charge < -0.3 is 11.1 Å². The molecule has 0 spiro atoms. The molecular weight excluding hydrogens is 452 g/mol. The van der Waals surface area contributed by atoms with E-state index in [4.69, 9.17) is 5.73 Å². The highest BCUT2D eigenvalue weighted by Crippen LogP contribution is 2.33. The van der Waals surface area contributed by atoms with Crippen LogP contribution >= 0.6 is 11.5 Å². The number of nitrogens with zero attached hydrogens (tertiary/aromatic N) is 4. The number of nitrogens with two attached hydrogens (primary N) is 1. The van der Waals surface area contributed by atoms with E-state index in [9.17, 15) is 14.4 Å². The van der Waals surface area contributed by atoms with Crippen molar-refractivity contribution in [1.82, 2.24) is 19.6 Å². The average Bonchev–Trinajstić information content (AvgIpc) is 3.39. The van der Waals surface area contributed by atoms with Crippen molar-refractivity contribution < 1.29 is 14.4 Å². The molecule has 1 aliphatic heterocycles. The van der Waals surface area contributed by atoms with Gasteiger partial charge in [-0.15, -0.1) is 0 Å². The third kappa shape index (κ3) is 4.62. The molecule has 10 heteroatoms. The van der Waals surface area contributed by atoms with Crippen LogP contribution in [0.15, 0.2) is 60.1 Å². The van der Waals surface area contributed by atoms with Crippen LogP contribution in [-0.2, 0) is 16.0 Å². The van der Waals surface area contributed by atoms with Gasteiger partial charge in [-0.05, 0) is 53.7 Å². The van der Waals surface area contributed by atoms with Gasteiger partial charge in [0, 0.05) is 18.6 Å². The largest absolute Gasteiger partial charge is 0.384 e. The van der Waals surface area contributed by atoms with Crippen molar-refractivity contribution in [2.45, 2.75) is 31.8 Å². The quantitative estimate of drug-likeness (QED) is 0.504. The van der Waals surface area contributed by atoms with E-state index in [-0.39, 0.29) is 18.4 Å². The maximum absolute atomic E-state index is 13.5. The molecule has 1 fully saturated rings. The second kappa shape index (κ2) is 10.0. The lowest BCUT2D eigenvalue weighted by Gasteiger charge is -2.45. The van der Waals surface area contributed by atoms with Crippen molar-refractivity contribution in [2.75, 3.05) is 17.7 Å². The number of carbonyl (C=O) groups is 3. The molecule has 0 saturated carbocycles. The number of amides is 4. The normalized spacial score (nSPS) is 18.2. The summed E-state index contributed by atoms with van der Waals surface area (Å²) >= 11 is 1.22. The average molecular weight is 479 g/mol. The molecule has 4 amide bonds. The van der Waals surface area contributed by atoms with Gasteiger partial charge in [-0.3, -0.25) is 19.4 Å². The summed E-state index contributed by atoms with van der Waals surface area (Å²) in [6.07, 6.45) is 2.46. The number of rotatable bonds is 7. The Bertz CT molecular complexity index is 1170. The molecule has 2 aromatic heterocycles. The standard InChI is InChI=1S/C24H26N6O3S/c1-3-18(16-7-5-4-6-8-16)27-24(33)30-21(23(32)29(2)20-10-12-34-28-20)17(22(30)31)13-15-9-11-26-19(25)14-15/h4-12,14,17-18,21H,3,13H2,1-2H3,(H2,25,26)(H,27,33)/t17-,18?,21+/m1/s1. The third-order valence-corrected chi connectivity index (χ3v) is 6.54. The topological polar surface area (TPSA) is 122 Å². The zero-order chi connectivity index (χ0) is 24.2. The molecule has 0 bridgehead atoms. The van der Waals surface area contributed by atoms with Gasteiger partial charge >= 0.3 is 6.03 Å². The predicted octanol–water partition coefficient (Wildman–Crippen LogP) is 3.01. The molecule has 34 heavy (non-hydrogen) atoms. The lowest BCUT2D eigenvalue weighted by molar-refractivity contribution is -0.156. The van der Waals surface area contributed by atoms with Crippen LogP contribution < -0.4 is 16.0 Å². The fraction of sp³-hybridized carbons (Fsp3) is 0.292. The molecule has 9 nitrogen and oxygen atoms in total. The zero-order valence-corrected chi connectivity index (χ0v) is 19.7. The maximum Gasteiger partial charge on any atom is 0.325 e. The summed E-state index contributed by atoms with van der Waals surface area (Å²) in [4.78, 5) is 46.2. The van der Waals surface area contributed by atoms with E-state index in [2.05, 4.69) is 14.7 Å². The monoisotopic (exact) mass is 478 g/mol. The molecular formula is C24H26N6O3S. The highest BCUT2D eigenvalue weighted by atomic mass is 32.1. The number of β-lactam (4-membered cyclic amide) rings is 1. The molecule has 1 unspecified atom stereocenters. The van der Waals surface area contributed by atoms with Gasteiger partial charge in [-0.2, -0.15) is 4.37 Å². The smallest absolute Gasteiger partial charge is 0.325 e. The Labute approximate surface area is 201 Å². The van der Waals surface area contributed by atoms with Gasteiger partial charge in [0.25, 0.3) is 5.91 Å². The molecule has 0 aliphatic carbocycles. The minimum Gasteiger partial charge on any atom is -0.384 e. The van der Waals surface area contributed by atoms with E-state index in [0.717, 1.165) is 16.0 Å². The molecule has 1 aromatic carbocycles. The van der Waals surface area contributed by atoms with Crippen molar-refractivity contribution >= 4 is 41.0 Å². The first-order chi connectivity index (χ1) is 16.4. The van der Waals surface area contributed by atoms with Gasteiger partial charge in [0.1, 0.15) is 17.7 Å². The van der Waals surface area contributed by atoms with Gasteiger partial charge in [0.05, 0.1) is 12.0 Å². The van der Waals surface area contributed by atoms with E-state index >= 15 is 0 Å². The first-order valence-electron chi connectivity index (χ1n) is 11.0. The summed E-state index contributed by atoms with van der Waals surface area (Å²) in [6, 6.07) is 12.8. The number of likely N-dealkylation sites (tertiary alicyclic amines) is 1. The SMILES string of the molecule is CCC(NC(=O)N1C(=O)[C@H](Cc2ccnc(N)c2)[C@H]1C(=O)N(C)c1ccsn1)c1ccccc1. The second-order valence-corrected chi connectivity index (χ2v) is 8.79. The minimum atomic E-state index is -0.957. The fourth-order valence-corrected chi connectivity index (χ4v) is 4.68. The van der Waals surface area contributed by atoms with Gasteiger partial charge in [0.15, 0.2) is 0 Å². The van der Waals surface area contributed by atoms with Gasteiger partial charge in [0.2, 0.25) is 5.91 Å². The van der Waals surface area contributed by atoms with Crippen molar-refractivity contribution in [3.63, 3.8) is 0 Å². The molecule has 3 aromatic rings. The van der Waals surface area contributed by atoms with Crippen molar-refractivity contribution in [1.29, 1.82) is 0 Å². The number of likely N-dealkylation sites (N-methyl/N-ethyl adjacent to an activating group) is 1. The van der Waals surface area contributed by atoms with Crippen molar-refractivity contribution in [3.05, 3.63) is 71.2 Å². The van der Waals surface area contributed by atoms with E-state index < -0.39 is 23.9 Å². The summed E-state index contributed by atoms with van der Waals surface area (Å²) in [5, 5.41) is 4.68. The minimum absolute atomic E-state index is 0.270. The summed E-state index contributed by atoms with van der Waals surface area (Å²) < 4.78 is 4.21. The molecule has 3 atom stereocenters. The van der Waals surface area contributed by atoms with Gasteiger partial charge in [-0.1, -0.05) is 37.3 Å². The predicted molar refractivity (Wildman–Crippen MR) is 130 cm³/mol. The van der Waals surface area contributed by atoms with Crippen LogP contribution in [0.3, 0.4) is 0 Å². The molecule has 1 aliphatic rings. The molecule has 3 heterocycles. The van der Waals surface area contributed by atoms with Crippen LogP contribution in [0.25, 0.3) is 0 Å². The number of benzene rings is 1. The maximum atomic E-state index is 13.5.